The number of carbonyl (C=O) groups excluding carboxylic acids is 2. The molecule has 3 N–H and O–H groups in total. The minimum Gasteiger partial charge on any atom is -0.451 e. The molecule has 0 heterocycles. The van der Waals surface area contributed by atoms with E-state index in [2.05, 4.69) is 42.7 Å². The Hall–Kier alpha value is -1.31. The standard InChI is InChI=1S/C47H89O8P/c1-3-5-7-9-11-13-15-17-19-21-23-25-27-29-31-33-35-37-39-41-44(48)47(45(49)43-54-56(51,52)53)55-46(50)42-40-38-36-34-32-30-28-26-24-22-20-18-16-14-12-10-8-6-4-2/h17-20,45,47,49H,3-16,21-43H2,1-2H3,(H2,51,52,53)/b19-17-,20-18-. The van der Waals surface area contributed by atoms with Crippen LogP contribution in [0.2, 0.25) is 0 Å². The van der Waals surface area contributed by atoms with Gasteiger partial charge in [-0.05, 0) is 64.2 Å². The summed E-state index contributed by atoms with van der Waals surface area (Å²) in [6, 6.07) is 0. The lowest BCUT2D eigenvalue weighted by atomic mass is 10.0. The molecule has 2 unspecified atom stereocenters. The second-order valence-corrected chi connectivity index (χ2v) is 17.5. The molecule has 9 heteroatoms. The van der Waals surface area contributed by atoms with Gasteiger partial charge in [0.05, 0.1) is 6.61 Å². The van der Waals surface area contributed by atoms with Gasteiger partial charge in [-0.2, -0.15) is 0 Å². The van der Waals surface area contributed by atoms with Crippen molar-refractivity contribution in [1.82, 2.24) is 0 Å². The smallest absolute Gasteiger partial charge is 0.451 e. The maximum Gasteiger partial charge on any atom is 0.469 e. The van der Waals surface area contributed by atoms with Gasteiger partial charge < -0.3 is 19.6 Å². The van der Waals surface area contributed by atoms with Gasteiger partial charge >= 0.3 is 13.8 Å². The predicted octanol–water partition coefficient (Wildman–Crippen LogP) is 14.1. The van der Waals surface area contributed by atoms with Crippen molar-refractivity contribution in [2.75, 3.05) is 6.61 Å². The second-order valence-electron chi connectivity index (χ2n) is 16.2. The van der Waals surface area contributed by atoms with Crippen molar-refractivity contribution in [3.8, 4) is 0 Å². The van der Waals surface area contributed by atoms with Gasteiger partial charge in [-0.15, -0.1) is 0 Å². The summed E-state index contributed by atoms with van der Waals surface area (Å²) < 4.78 is 21.0. The summed E-state index contributed by atoms with van der Waals surface area (Å²) in [5.74, 6) is -1.02. The van der Waals surface area contributed by atoms with Gasteiger partial charge in [0.15, 0.2) is 11.9 Å². The number of allylic oxidation sites excluding steroid dienone is 4. The summed E-state index contributed by atoms with van der Waals surface area (Å²) in [6.45, 7) is 3.72. The van der Waals surface area contributed by atoms with E-state index in [1.165, 1.54) is 167 Å². The number of phosphoric ester groups is 1. The largest absolute Gasteiger partial charge is 0.469 e. The first kappa shape index (κ1) is 54.7. The van der Waals surface area contributed by atoms with Crippen LogP contribution in [0.1, 0.15) is 245 Å². The van der Waals surface area contributed by atoms with Crippen LogP contribution in [-0.4, -0.2) is 45.5 Å². The van der Waals surface area contributed by atoms with E-state index in [1.54, 1.807) is 0 Å². The number of hydrogen-bond acceptors (Lipinski definition) is 6. The van der Waals surface area contributed by atoms with Crippen LogP contribution in [0.4, 0.5) is 0 Å². The highest BCUT2D eigenvalue weighted by Gasteiger charge is 2.32. The molecule has 0 aliphatic rings. The Bertz CT molecular complexity index is 977. The first-order chi connectivity index (χ1) is 27.2. The molecule has 0 radical (unpaired) electrons. The molecule has 0 aliphatic heterocycles. The molecule has 330 valence electrons. The fourth-order valence-corrected chi connectivity index (χ4v) is 7.43. The molecule has 0 fully saturated rings. The van der Waals surface area contributed by atoms with Gasteiger partial charge in [-0.3, -0.25) is 14.1 Å². The average Bonchev–Trinajstić information content (AvgIpc) is 3.17. The van der Waals surface area contributed by atoms with Crippen LogP contribution >= 0.6 is 7.82 Å². The normalized spacial score (nSPS) is 13.2. The fraction of sp³-hybridized carbons (Fsp3) is 0.872. The summed E-state index contributed by atoms with van der Waals surface area (Å²) >= 11 is 0. The lowest BCUT2D eigenvalue weighted by Gasteiger charge is -2.22. The molecule has 0 aliphatic carbocycles. The number of Topliss-reactive ketones (excluding diaryl/α,β-unsaturated/α-hetero) is 1. The molecule has 0 spiro atoms. The summed E-state index contributed by atoms with van der Waals surface area (Å²) in [5.41, 5.74) is 0. The van der Waals surface area contributed by atoms with Crippen molar-refractivity contribution in [3.63, 3.8) is 0 Å². The zero-order valence-electron chi connectivity index (χ0n) is 36.5. The maximum atomic E-state index is 13.0. The topological polar surface area (TPSA) is 130 Å². The van der Waals surface area contributed by atoms with E-state index < -0.39 is 38.4 Å². The molecule has 0 bridgehead atoms. The number of esters is 1. The lowest BCUT2D eigenvalue weighted by Crippen LogP contribution is -2.40. The Balaban J connectivity index is 4.05. The number of ether oxygens (including phenoxy) is 1. The van der Waals surface area contributed by atoms with Crippen molar-refractivity contribution in [3.05, 3.63) is 24.3 Å². The Morgan fingerprint density at radius 2 is 0.786 bits per heavy atom. The third-order valence-electron chi connectivity index (χ3n) is 10.7. The summed E-state index contributed by atoms with van der Waals surface area (Å²) in [7, 11) is -4.85. The summed E-state index contributed by atoms with van der Waals surface area (Å²) in [5, 5.41) is 10.5. The maximum absolute atomic E-state index is 13.0. The van der Waals surface area contributed by atoms with Gasteiger partial charge in [0.25, 0.3) is 0 Å². The molecule has 0 aromatic carbocycles. The van der Waals surface area contributed by atoms with Crippen LogP contribution < -0.4 is 0 Å². The van der Waals surface area contributed by atoms with Crippen LogP contribution in [0, 0.1) is 0 Å². The minimum absolute atomic E-state index is 0.132. The Morgan fingerprint density at radius 3 is 1.12 bits per heavy atom. The molecule has 0 rings (SSSR count). The van der Waals surface area contributed by atoms with Crippen molar-refractivity contribution >= 4 is 19.6 Å². The number of aliphatic hydroxyl groups is 1. The quantitative estimate of drug-likeness (QED) is 0.0240. The number of aliphatic hydroxyl groups excluding tert-OH is 1. The number of unbranched alkanes of at least 4 members (excludes halogenated alkanes) is 30. The van der Waals surface area contributed by atoms with E-state index in [0.29, 0.717) is 12.8 Å². The fourth-order valence-electron chi connectivity index (χ4n) is 7.09. The summed E-state index contributed by atoms with van der Waals surface area (Å²) in [6.07, 6.45) is 47.3. The van der Waals surface area contributed by atoms with Crippen LogP contribution in [0.15, 0.2) is 24.3 Å². The zero-order valence-corrected chi connectivity index (χ0v) is 37.4. The SMILES string of the molecule is CCCCCCCC/C=C\CCCCCCCCCCCC(=O)OC(C(=O)CCCCCCCCCCC/C=C\CCCCCCCC)C(O)COP(=O)(O)O. The number of hydrogen-bond donors (Lipinski definition) is 3. The molecule has 56 heavy (non-hydrogen) atoms. The molecular weight excluding hydrogens is 723 g/mol. The first-order valence-corrected chi connectivity index (χ1v) is 25.1. The van der Waals surface area contributed by atoms with Crippen LogP contribution in [0.25, 0.3) is 0 Å². The van der Waals surface area contributed by atoms with Crippen LogP contribution in [0.5, 0.6) is 0 Å². The van der Waals surface area contributed by atoms with Gasteiger partial charge in [-0.1, -0.05) is 192 Å². The van der Waals surface area contributed by atoms with Crippen molar-refractivity contribution in [1.29, 1.82) is 0 Å². The highest BCUT2D eigenvalue weighted by molar-refractivity contribution is 7.46. The highest BCUT2D eigenvalue weighted by atomic mass is 31.2. The molecule has 0 aromatic heterocycles. The van der Waals surface area contributed by atoms with Gasteiger partial charge in [0, 0.05) is 12.8 Å². The summed E-state index contributed by atoms with van der Waals surface area (Å²) in [4.78, 5) is 43.7. The Morgan fingerprint density at radius 1 is 0.482 bits per heavy atom. The predicted molar refractivity (Wildman–Crippen MR) is 235 cm³/mol. The number of phosphoric acid groups is 1. The lowest BCUT2D eigenvalue weighted by molar-refractivity contribution is -0.163. The minimum atomic E-state index is -4.85. The van der Waals surface area contributed by atoms with Gasteiger partial charge in [0.1, 0.15) is 6.10 Å². The molecule has 8 nitrogen and oxygen atoms in total. The third-order valence-corrected chi connectivity index (χ3v) is 11.2. The molecule has 2 atom stereocenters. The average molecular weight is 813 g/mol. The molecule has 0 amide bonds. The number of carbonyl (C=O) groups is 2. The van der Waals surface area contributed by atoms with Crippen molar-refractivity contribution in [2.24, 2.45) is 0 Å². The van der Waals surface area contributed by atoms with E-state index in [-0.39, 0.29) is 12.8 Å². The second kappa shape index (κ2) is 41.8. The van der Waals surface area contributed by atoms with E-state index in [4.69, 9.17) is 14.5 Å². The monoisotopic (exact) mass is 813 g/mol. The number of ketones is 1. The van der Waals surface area contributed by atoms with Crippen molar-refractivity contribution in [2.45, 2.75) is 257 Å². The van der Waals surface area contributed by atoms with Gasteiger partial charge in [0.2, 0.25) is 0 Å². The van der Waals surface area contributed by atoms with E-state index in [1.807, 2.05) is 0 Å². The first-order valence-electron chi connectivity index (χ1n) is 23.6. The molecule has 0 aromatic rings. The number of rotatable bonds is 44. The Kier molecular flexibility index (Phi) is 40.9. The van der Waals surface area contributed by atoms with E-state index in [0.717, 1.165) is 38.5 Å². The molecule has 0 saturated heterocycles. The molecular formula is C47H89O8P. The van der Waals surface area contributed by atoms with Crippen LogP contribution in [0.3, 0.4) is 0 Å². The van der Waals surface area contributed by atoms with E-state index >= 15 is 0 Å². The highest BCUT2D eigenvalue weighted by Crippen LogP contribution is 2.36. The third kappa shape index (κ3) is 40.9. The zero-order chi connectivity index (χ0) is 41.2. The molecule has 0 saturated carbocycles. The van der Waals surface area contributed by atoms with Crippen molar-refractivity contribution < 1.29 is 38.3 Å². The van der Waals surface area contributed by atoms with E-state index in [9.17, 15) is 19.3 Å². The van der Waals surface area contributed by atoms with Crippen LogP contribution in [-0.2, 0) is 23.4 Å². The van der Waals surface area contributed by atoms with Gasteiger partial charge in [-0.25, -0.2) is 4.57 Å². The Labute approximate surface area is 345 Å².